The summed E-state index contributed by atoms with van der Waals surface area (Å²) in [4.78, 5) is 13.8. The lowest BCUT2D eigenvalue weighted by Crippen LogP contribution is -2.29. The Bertz CT molecular complexity index is 739. The van der Waals surface area contributed by atoms with Crippen LogP contribution in [0.15, 0.2) is 48.5 Å². The van der Waals surface area contributed by atoms with E-state index in [0.29, 0.717) is 18.5 Å². The topological polar surface area (TPSA) is 20.3 Å². The van der Waals surface area contributed by atoms with Crippen LogP contribution in [0.4, 0.5) is 18.9 Å². The normalized spacial score (nSPS) is 17.2. The summed E-state index contributed by atoms with van der Waals surface area (Å²) in [7, 11) is 0. The van der Waals surface area contributed by atoms with Crippen molar-refractivity contribution in [1.29, 1.82) is 0 Å². The van der Waals surface area contributed by atoms with Gasteiger partial charge in [0.1, 0.15) is 0 Å². The van der Waals surface area contributed by atoms with Crippen molar-refractivity contribution < 1.29 is 18.0 Å². The van der Waals surface area contributed by atoms with Crippen LogP contribution in [0.2, 0.25) is 0 Å². The van der Waals surface area contributed by atoms with E-state index in [4.69, 9.17) is 0 Å². The smallest absolute Gasteiger partial charge is 0.311 e. The van der Waals surface area contributed by atoms with Gasteiger partial charge in [0.25, 0.3) is 0 Å². The first-order valence-corrected chi connectivity index (χ1v) is 7.48. The standard InChI is InChI=1S/C18H16F3NO/c1-2-17(23)22-11-15(14-8-3-4-9-16(14)22)12-6-5-7-13(10-12)18(19,20)21/h3-10,15H,2,11H2,1H3. The number of rotatable bonds is 2. The van der Waals surface area contributed by atoms with Gasteiger partial charge in [-0.3, -0.25) is 4.79 Å². The second-order valence-electron chi connectivity index (χ2n) is 5.59. The van der Waals surface area contributed by atoms with Gasteiger partial charge in [-0.25, -0.2) is 0 Å². The number of carbonyl (C=O) groups excluding carboxylic acids is 1. The Hall–Kier alpha value is -2.30. The summed E-state index contributed by atoms with van der Waals surface area (Å²) in [5.74, 6) is -0.254. The van der Waals surface area contributed by atoms with Crippen molar-refractivity contribution in [3.63, 3.8) is 0 Å². The van der Waals surface area contributed by atoms with E-state index in [0.717, 1.165) is 17.3 Å². The minimum absolute atomic E-state index is 0.0214. The van der Waals surface area contributed by atoms with Crippen LogP contribution in [0.5, 0.6) is 0 Å². The van der Waals surface area contributed by atoms with Gasteiger partial charge in [0.05, 0.1) is 5.56 Å². The summed E-state index contributed by atoms with van der Waals surface area (Å²) in [5, 5.41) is 0. The summed E-state index contributed by atoms with van der Waals surface area (Å²) in [6.07, 6.45) is -4.00. The minimum Gasteiger partial charge on any atom is -0.311 e. The molecule has 0 aromatic heterocycles. The Morgan fingerprint density at radius 1 is 1.17 bits per heavy atom. The van der Waals surface area contributed by atoms with Crippen molar-refractivity contribution in [3.05, 3.63) is 65.2 Å². The molecule has 0 N–H and O–H groups in total. The van der Waals surface area contributed by atoms with Crippen molar-refractivity contribution >= 4 is 11.6 Å². The molecule has 1 heterocycles. The van der Waals surface area contributed by atoms with E-state index in [1.807, 2.05) is 24.3 Å². The first kappa shape index (κ1) is 15.6. The lowest BCUT2D eigenvalue weighted by Gasteiger charge is -2.17. The third-order valence-electron chi connectivity index (χ3n) is 4.19. The summed E-state index contributed by atoms with van der Waals surface area (Å²) in [6, 6.07) is 12.8. The van der Waals surface area contributed by atoms with Crippen LogP contribution in [0.25, 0.3) is 0 Å². The minimum atomic E-state index is -4.37. The summed E-state index contributed by atoms with van der Waals surface area (Å²) < 4.78 is 38.8. The zero-order valence-corrected chi connectivity index (χ0v) is 12.6. The van der Waals surface area contributed by atoms with Crippen molar-refractivity contribution in [1.82, 2.24) is 0 Å². The number of fused-ring (bicyclic) bond motifs is 1. The summed E-state index contributed by atoms with van der Waals surface area (Å²) in [6.45, 7) is 2.16. The molecular weight excluding hydrogens is 303 g/mol. The highest BCUT2D eigenvalue weighted by Gasteiger charge is 2.35. The molecule has 1 unspecified atom stereocenters. The van der Waals surface area contributed by atoms with Crippen LogP contribution in [0.3, 0.4) is 0 Å². The van der Waals surface area contributed by atoms with Crippen LogP contribution in [-0.4, -0.2) is 12.5 Å². The fourth-order valence-corrected chi connectivity index (χ4v) is 3.05. The van der Waals surface area contributed by atoms with Crippen LogP contribution in [0, 0.1) is 0 Å². The molecule has 0 spiro atoms. The van der Waals surface area contributed by atoms with Gasteiger partial charge in [0, 0.05) is 24.6 Å². The largest absolute Gasteiger partial charge is 0.416 e. The molecule has 23 heavy (non-hydrogen) atoms. The van der Waals surface area contributed by atoms with Gasteiger partial charge in [-0.05, 0) is 23.3 Å². The second-order valence-corrected chi connectivity index (χ2v) is 5.59. The number of nitrogens with zero attached hydrogens (tertiary/aromatic N) is 1. The van der Waals surface area contributed by atoms with Crippen LogP contribution in [0.1, 0.15) is 36.0 Å². The zero-order valence-electron chi connectivity index (χ0n) is 12.6. The molecule has 1 atom stereocenters. The first-order chi connectivity index (χ1) is 10.9. The molecule has 0 saturated heterocycles. The average Bonchev–Trinajstić information content (AvgIpc) is 2.93. The fraction of sp³-hybridized carbons (Fsp3) is 0.278. The zero-order chi connectivity index (χ0) is 16.6. The summed E-state index contributed by atoms with van der Waals surface area (Å²) >= 11 is 0. The maximum absolute atomic E-state index is 12.9. The Morgan fingerprint density at radius 3 is 2.61 bits per heavy atom. The highest BCUT2D eigenvalue weighted by Crippen LogP contribution is 2.41. The van der Waals surface area contributed by atoms with Gasteiger partial charge in [-0.15, -0.1) is 0 Å². The molecule has 2 aromatic rings. The molecule has 0 aliphatic carbocycles. The molecule has 2 aromatic carbocycles. The van der Waals surface area contributed by atoms with Gasteiger partial charge < -0.3 is 4.90 Å². The van der Waals surface area contributed by atoms with Crippen LogP contribution in [-0.2, 0) is 11.0 Å². The quantitative estimate of drug-likeness (QED) is 0.792. The fourth-order valence-electron chi connectivity index (χ4n) is 3.05. The number of hydrogen-bond donors (Lipinski definition) is 0. The van der Waals surface area contributed by atoms with Crippen molar-refractivity contribution in [3.8, 4) is 0 Å². The molecule has 1 aliphatic rings. The SMILES string of the molecule is CCC(=O)N1CC(c2cccc(C(F)(F)F)c2)c2ccccc21. The van der Waals surface area contributed by atoms with E-state index in [1.165, 1.54) is 12.1 Å². The Kier molecular flexibility index (Phi) is 3.88. The monoisotopic (exact) mass is 319 g/mol. The van der Waals surface area contributed by atoms with E-state index in [2.05, 4.69) is 0 Å². The molecule has 1 amide bonds. The number of hydrogen-bond acceptors (Lipinski definition) is 1. The third-order valence-corrected chi connectivity index (χ3v) is 4.19. The molecule has 1 aliphatic heterocycles. The van der Waals surface area contributed by atoms with E-state index < -0.39 is 11.7 Å². The molecule has 5 heteroatoms. The Balaban J connectivity index is 2.03. The number of alkyl halides is 3. The molecule has 0 saturated carbocycles. The van der Waals surface area contributed by atoms with Crippen molar-refractivity contribution in [2.24, 2.45) is 0 Å². The highest BCUT2D eigenvalue weighted by molar-refractivity contribution is 5.96. The molecule has 2 nitrogen and oxygen atoms in total. The third kappa shape index (κ3) is 2.83. The first-order valence-electron chi connectivity index (χ1n) is 7.48. The average molecular weight is 319 g/mol. The van der Waals surface area contributed by atoms with E-state index in [1.54, 1.807) is 17.9 Å². The van der Waals surface area contributed by atoms with Crippen LogP contribution < -0.4 is 4.90 Å². The number of anilines is 1. The lowest BCUT2D eigenvalue weighted by molar-refractivity contribution is -0.137. The van der Waals surface area contributed by atoms with Gasteiger partial charge in [-0.1, -0.05) is 43.3 Å². The van der Waals surface area contributed by atoms with E-state index in [9.17, 15) is 18.0 Å². The van der Waals surface area contributed by atoms with Crippen LogP contribution >= 0.6 is 0 Å². The van der Waals surface area contributed by atoms with Crippen molar-refractivity contribution in [2.45, 2.75) is 25.4 Å². The van der Waals surface area contributed by atoms with E-state index >= 15 is 0 Å². The molecule has 0 radical (unpaired) electrons. The number of amides is 1. The maximum atomic E-state index is 12.9. The van der Waals surface area contributed by atoms with Gasteiger partial charge in [0.15, 0.2) is 0 Å². The number of halogens is 3. The number of para-hydroxylation sites is 1. The maximum Gasteiger partial charge on any atom is 0.416 e. The predicted octanol–water partition coefficient (Wildman–Crippen LogP) is 4.59. The molecule has 3 rings (SSSR count). The number of benzene rings is 2. The molecule has 0 fully saturated rings. The number of carbonyl (C=O) groups is 1. The Morgan fingerprint density at radius 2 is 1.91 bits per heavy atom. The lowest BCUT2D eigenvalue weighted by atomic mass is 9.92. The predicted molar refractivity (Wildman–Crippen MR) is 82.4 cm³/mol. The molecular formula is C18H16F3NO. The summed E-state index contributed by atoms with van der Waals surface area (Å²) in [5.41, 5.74) is 1.61. The Labute approximate surface area is 132 Å². The molecule has 120 valence electrons. The van der Waals surface area contributed by atoms with Gasteiger partial charge >= 0.3 is 6.18 Å². The highest BCUT2D eigenvalue weighted by atomic mass is 19.4. The molecule has 0 bridgehead atoms. The van der Waals surface area contributed by atoms with E-state index in [-0.39, 0.29) is 11.8 Å². The van der Waals surface area contributed by atoms with Crippen molar-refractivity contribution in [2.75, 3.05) is 11.4 Å². The second kappa shape index (κ2) is 5.72. The van der Waals surface area contributed by atoms with Gasteiger partial charge in [0.2, 0.25) is 5.91 Å². The van der Waals surface area contributed by atoms with Gasteiger partial charge in [-0.2, -0.15) is 13.2 Å².